The van der Waals surface area contributed by atoms with Crippen molar-refractivity contribution in [2.45, 2.75) is 123 Å². The fourth-order valence-corrected chi connectivity index (χ4v) is 7.09. The Kier molecular flexibility index (Phi) is 8.10. The molecule has 0 unspecified atom stereocenters. The molecule has 0 aromatic carbocycles. The minimum Gasteiger partial charge on any atom is -0.198 e. The number of unbranched alkanes of at least 4 members (excludes halogenated alkanes) is 1. The van der Waals surface area contributed by atoms with E-state index in [2.05, 4.69) is 19.9 Å². The highest BCUT2D eigenvalue weighted by Crippen LogP contribution is 2.49. The van der Waals surface area contributed by atoms with Gasteiger partial charge in [0.15, 0.2) is 0 Å². The summed E-state index contributed by atoms with van der Waals surface area (Å²) in [4.78, 5) is 0. The SMILES string of the molecule is CCCC[C@H]1CC[C@H](C2CCC([C@H]3CC[C@@](C#N)(CCC)CC3)CC2)CC1. The van der Waals surface area contributed by atoms with Crippen LogP contribution in [0.3, 0.4) is 0 Å². The van der Waals surface area contributed by atoms with Crippen LogP contribution in [-0.4, -0.2) is 0 Å². The first-order valence-electron chi connectivity index (χ1n) is 12.6. The van der Waals surface area contributed by atoms with Crippen molar-refractivity contribution in [3.8, 4) is 6.07 Å². The average molecular weight is 372 g/mol. The molecule has 0 aromatic rings. The molecule has 0 saturated heterocycles. The number of rotatable bonds is 7. The summed E-state index contributed by atoms with van der Waals surface area (Å²) in [5.74, 6) is 5.10. The number of hydrogen-bond donors (Lipinski definition) is 0. The normalized spacial score (nSPS) is 40.4. The number of nitrogens with zero attached hydrogens (tertiary/aromatic N) is 1. The lowest BCUT2D eigenvalue weighted by Gasteiger charge is -2.43. The van der Waals surface area contributed by atoms with E-state index in [4.69, 9.17) is 0 Å². The summed E-state index contributed by atoms with van der Waals surface area (Å²) < 4.78 is 0. The van der Waals surface area contributed by atoms with Crippen LogP contribution in [0.5, 0.6) is 0 Å². The van der Waals surface area contributed by atoms with E-state index in [0.29, 0.717) is 0 Å². The van der Waals surface area contributed by atoms with Gasteiger partial charge in [-0.1, -0.05) is 52.4 Å². The predicted octanol–water partition coefficient (Wildman–Crippen LogP) is 8.29. The van der Waals surface area contributed by atoms with Crippen molar-refractivity contribution in [2.24, 2.45) is 35.0 Å². The molecular weight excluding hydrogens is 326 g/mol. The third-order valence-electron chi connectivity index (χ3n) is 8.96. The maximum Gasteiger partial charge on any atom is 0.0689 e. The Balaban J connectivity index is 1.38. The van der Waals surface area contributed by atoms with Crippen molar-refractivity contribution in [1.82, 2.24) is 0 Å². The van der Waals surface area contributed by atoms with Gasteiger partial charge in [0.2, 0.25) is 0 Å². The molecule has 3 rings (SSSR count). The van der Waals surface area contributed by atoms with E-state index in [9.17, 15) is 5.26 Å². The summed E-state index contributed by atoms with van der Waals surface area (Å²) in [5.41, 5.74) is 0.0405. The van der Waals surface area contributed by atoms with Gasteiger partial charge in [0.05, 0.1) is 11.5 Å². The first kappa shape index (κ1) is 21.2. The monoisotopic (exact) mass is 371 g/mol. The zero-order valence-corrected chi connectivity index (χ0v) is 18.4. The molecule has 3 saturated carbocycles. The van der Waals surface area contributed by atoms with Gasteiger partial charge in [-0.25, -0.2) is 0 Å². The Morgan fingerprint density at radius 3 is 1.63 bits per heavy atom. The molecule has 0 N–H and O–H groups in total. The van der Waals surface area contributed by atoms with Crippen LogP contribution in [0.15, 0.2) is 0 Å². The highest BCUT2D eigenvalue weighted by atomic mass is 14.4. The van der Waals surface area contributed by atoms with Gasteiger partial charge in [0, 0.05) is 0 Å². The number of hydrogen-bond acceptors (Lipinski definition) is 1. The highest BCUT2D eigenvalue weighted by Gasteiger charge is 2.39. The zero-order valence-electron chi connectivity index (χ0n) is 18.4. The molecule has 0 aliphatic heterocycles. The van der Waals surface area contributed by atoms with Crippen LogP contribution in [0.1, 0.15) is 123 Å². The van der Waals surface area contributed by atoms with Crippen LogP contribution in [-0.2, 0) is 0 Å². The van der Waals surface area contributed by atoms with Crippen LogP contribution in [0.4, 0.5) is 0 Å². The predicted molar refractivity (Wildman–Crippen MR) is 115 cm³/mol. The van der Waals surface area contributed by atoms with Crippen LogP contribution >= 0.6 is 0 Å². The lowest BCUT2D eigenvalue weighted by atomic mass is 9.62. The molecule has 27 heavy (non-hydrogen) atoms. The Morgan fingerprint density at radius 2 is 1.19 bits per heavy atom. The Morgan fingerprint density at radius 1 is 0.704 bits per heavy atom. The van der Waals surface area contributed by atoms with Gasteiger partial charge in [0.1, 0.15) is 0 Å². The average Bonchev–Trinajstić information content (AvgIpc) is 2.73. The summed E-state index contributed by atoms with van der Waals surface area (Å²) >= 11 is 0. The second-order valence-electron chi connectivity index (χ2n) is 10.6. The van der Waals surface area contributed by atoms with Gasteiger partial charge in [-0.3, -0.25) is 0 Å². The Labute approximate surface area is 169 Å². The van der Waals surface area contributed by atoms with Crippen LogP contribution in [0.2, 0.25) is 0 Å². The van der Waals surface area contributed by atoms with Gasteiger partial charge in [0.25, 0.3) is 0 Å². The molecule has 0 amide bonds. The second-order valence-corrected chi connectivity index (χ2v) is 10.6. The van der Waals surface area contributed by atoms with Crippen molar-refractivity contribution < 1.29 is 0 Å². The first-order valence-corrected chi connectivity index (χ1v) is 12.6. The van der Waals surface area contributed by atoms with E-state index >= 15 is 0 Å². The zero-order chi connectivity index (χ0) is 19.1. The molecule has 0 heterocycles. The van der Waals surface area contributed by atoms with E-state index in [-0.39, 0.29) is 5.41 Å². The van der Waals surface area contributed by atoms with Gasteiger partial charge >= 0.3 is 0 Å². The molecular formula is C26H45N. The summed E-state index contributed by atoms with van der Waals surface area (Å²) in [5, 5.41) is 9.66. The van der Waals surface area contributed by atoms with E-state index < -0.39 is 0 Å². The third kappa shape index (κ3) is 5.52. The van der Waals surface area contributed by atoms with Crippen molar-refractivity contribution in [2.75, 3.05) is 0 Å². The Bertz CT molecular complexity index is 451. The second kappa shape index (κ2) is 10.3. The number of nitriles is 1. The largest absolute Gasteiger partial charge is 0.198 e. The fourth-order valence-electron chi connectivity index (χ4n) is 7.09. The Hall–Kier alpha value is -0.510. The van der Waals surface area contributed by atoms with Crippen molar-refractivity contribution in [3.63, 3.8) is 0 Å². The van der Waals surface area contributed by atoms with Crippen LogP contribution in [0, 0.1) is 46.3 Å². The van der Waals surface area contributed by atoms with E-state index in [1.54, 1.807) is 0 Å². The van der Waals surface area contributed by atoms with Crippen LogP contribution < -0.4 is 0 Å². The van der Waals surface area contributed by atoms with Gasteiger partial charge in [-0.15, -0.1) is 0 Å². The van der Waals surface area contributed by atoms with Crippen LogP contribution in [0.25, 0.3) is 0 Å². The molecule has 0 atom stereocenters. The lowest BCUT2D eigenvalue weighted by molar-refractivity contribution is 0.0903. The molecule has 3 aliphatic carbocycles. The fraction of sp³-hybridized carbons (Fsp3) is 0.962. The van der Waals surface area contributed by atoms with Crippen molar-refractivity contribution in [3.05, 3.63) is 0 Å². The molecule has 0 bridgehead atoms. The molecule has 1 nitrogen and oxygen atoms in total. The molecule has 3 aliphatic rings. The minimum absolute atomic E-state index is 0.0405. The first-order chi connectivity index (χ1) is 13.2. The van der Waals surface area contributed by atoms with Gasteiger partial charge in [-0.2, -0.15) is 5.26 Å². The molecule has 3 fully saturated rings. The lowest BCUT2D eigenvalue weighted by Crippen LogP contribution is -2.32. The molecule has 0 radical (unpaired) electrons. The highest BCUT2D eigenvalue weighted by molar-refractivity contribution is 5.02. The van der Waals surface area contributed by atoms with E-state index in [1.165, 1.54) is 103 Å². The van der Waals surface area contributed by atoms with Crippen molar-refractivity contribution in [1.29, 1.82) is 5.26 Å². The molecule has 1 heteroatoms. The molecule has 154 valence electrons. The van der Waals surface area contributed by atoms with E-state index in [1.807, 2.05) is 0 Å². The summed E-state index contributed by atoms with van der Waals surface area (Å²) in [6.07, 6.45) is 23.8. The quantitative estimate of drug-likeness (QED) is 0.441. The summed E-state index contributed by atoms with van der Waals surface area (Å²) in [7, 11) is 0. The summed E-state index contributed by atoms with van der Waals surface area (Å²) in [6, 6.07) is 2.71. The van der Waals surface area contributed by atoms with Gasteiger partial charge < -0.3 is 0 Å². The van der Waals surface area contributed by atoms with E-state index in [0.717, 1.165) is 36.0 Å². The minimum atomic E-state index is 0.0405. The standard InChI is InChI=1S/C26H45N/c1-3-5-6-21-7-9-22(10-8-21)23-11-13-24(14-12-23)25-15-18-26(20-27,17-4-2)19-16-25/h21-25H,3-19H2,1-2H3/t21-,22-,23?,24?,25-,26-. The summed E-state index contributed by atoms with van der Waals surface area (Å²) in [6.45, 7) is 4.57. The topological polar surface area (TPSA) is 23.8 Å². The third-order valence-corrected chi connectivity index (χ3v) is 8.96. The van der Waals surface area contributed by atoms with Gasteiger partial charge in [-0.05, 0) is 100 Å². The molecule has 0 aromatic heterocycles. The smallest absolute Gasteiger partial charge is 0.0689 e. The maximum atomic E-state index is 9.66. The maximum absolute atomic E-state index is 9.66. The van der Waals surface area contributed by atoms with Crippen molar-refractivity contribution >= 4 is 0 Å². The molecule has 0 spiro atoms.